The molecule has 0 atom stereocenters. The number of nitrogens with zero attached hydrogens (tertiary/aromatic N) is 1. The second-order valence-corrected chi connectivity index (χ2v) is 6.28. The summed E-state index contributed by atoms with van der Waals surface area (Å²) in [5, 5.41) is 21.9. The summed E-state index contributed by atoms with van der Waals surface area (Å²) in [5.41, 5.74) is 0.608. The Balaban J connectivity index is 1.56. The van der Waals surface area contributed by atoms with Crippen LogP contribution in [0, 0.1) is 5.82 Å². The Kier molecular flexibility index (Phi) is 5.06. The summed E-state index contributed by atoms with van der Waals surface area (Å²) in [6.45, 7) is 0.896. The number of halogens is 1. The van der Waals surface area contributed by atoms with E-state index in [-0.39, 0.29) is 34.9 Å². The van der Waals surface area contributed by atoms with E-state index in [1.165, 1.54) is 36.4 Å². The standard InChI is InChI=1S/C19H19FN2O4/c20-14-3-1-12(2-4-14)18(25)21-15-5-7-22(8-6-15)19(26)13-9-16(23)11-17(24)10-13/h1-4,9-11,15,23-24H,5-8H2,(H,21,25). The van der Waals surface area contributed by atoms with Gasteiger partial charge in [-0.05, 0) is 49.2 Å². The second kappa shape index (κ2) is 7.43. The van der Waals surface area contributed by atoms with Gasteiger partial charge in [-0.1, -0.05) is 0 Å². The lowest BCUT2D eigenvalue weighted by Gasteiger charge is -2.32. The Hall–Kier alpha value is -3.09. The highest BCUT2D eigenvalue weighted by atomic mass is 19.1. The molecule has 1 heterocycles. The maximum absolute atomic E-state index is 12.9. The lowest BCUT2D eigenvalue weighted by atomic mass is 10.0. The molecule has 1 saturated heterocycles. The van der Waals surface area contributed by atoms with E-state index in [1.807, 2.05) is 0 Å². The Morgan fingerprint density at radius 2 is 1.54 bits per heavy atom. The summed E-state index contributed by atoms with van der Waals surface area (Å²) in [6, 6.07) is 9.04. The fourth-order valence-corrected chi connectivity index (χ4v) is 3.00. The molecule has 0 saturated carbocycles. The van der Waals surface area contributed by atoms with Gasteiger partial charge in [0.15, 0.2) is 0 Å². The van der Waals surface area contributed by atoms with Gasteiger partial charge in [-0.25, -0.2) is 4.39 Å². The molecule has 6 nitrogen and oxygen atoms in total. The molecule has 26 heavy (non-hydrogen) atoms. The lowest BCUT2D eigenvalue weighted by Crippen LogP contribution is -2.46. The summed E-state index contributed by atoms with van der Waals surface area (Å²) < 4.78 is 12.9. The van der Waals surface area contributed by atoms with Gasteiger partial charge in [0.25, 0.3) is 11.8 Å². The predicted molar refractivity (Wildman–Crippen MR) is 92.6 cm³/mol. The number of amides is 2. The molecule has 0 radical (unpaired) electrons. The zero-order valence-electron chi connectivity index (χ0n) is 14.0. The molecule has 3 rings (SSSR count). The smallest absolute Gasteiger partial charge is 0.254 e. The molecular weight excluding hydrogens is 339 g/mol. The predicted octanol–water partition coefficient (Wildman–Crippen LogP) is 2.27. The second-order valence-electron chi connectivity index (χ2n) is 6.28. The molecule has 136 valence electrons. The number of phenols is 2. The van der Waals surface area contributed by atoms with Gasteiger partial charge in [0.2, 0.25) is 0 Å². The third-order valence-corrected chi connectivity index (χ3v) is 4.37. The average molecular weight is 358 g/mol. The van der Waals surface area contributed by atoms with Crippen LogP contribution in [0.5, 0.6) is 11.5 Å². The molecule has 1 fully saturated rings. The third-order valence-electron chi connectivity index (χ3n) is 4.37. The highest BCUT2D eigenvalue weighted by Gasteiger charge is 2.25. The molecular formula is C19H19FN2O4. The van der Waals surface area contributed by atoms with Crippen molar-refractivity contribution in [2.75, 3.05) is 13.1 Å². The molecule has 2 amide bonds. The van der Waals surface area contributed by atoms with Crippen LogP contribution in [-0.2, 0) is 0 Å². The van der Waals surface area contributed by atoms with Crippen molar-refractivity contribution >= 4 is 11.8 Å². The normalized spacial score (nSPS) is 14.9. The minimum absolute atomic E-state index is 0.0748. The number of carbonyl (C=O) groups is 2. The van der Waals surface area contributed by atoms with Crippen molar-refractivity contribution in [3.63, 3.8) is 0 Å². The van der Waals surface area contributed by atoms with Gasteiger partial charge >= 0.3 is 0 Å². The minimum Gasteiger partial charge on any atom is -0.508 e. The van der Waals surface area contributed by atoms with Crippen LogP contribution in [0.4, 0.5) is 4.39 Å². The molecule has 0 unspecified atom stereocenters. The topological polar surface area (TPSA) is 89.9 Å². The van der Waals surface area contributed by atoms with Gasteiger partial charge < -0.3 is 20.4 Å². The van der Waals surface area contributed by atoms with Gasteiger partial charge in [0.1, 0.15) is 17.3 Å². The summed E-state index contributed by atoms with van der Waals surface area (Å²) in [5.74, 6) is -1.29. The molecule has 0 aromatic heterocycles. The summed E-state index contributed by atoms with van der Waals surface area (Å²) in [6.07, 6.45) is 1.17. The van der Waals surface area contributed by atoms with E-state index in [0.29, 0.717) is 31.5 Å². The minimum atomic E-state index is -0.397. The van der Waals surface area contributed by atoms with Crippen LogP contribution >= 0.6 is 0 Å². The monoisotopic (exact) mass is 358 g/mol. The van der Waals surface area contributed by atoms with E-state index in [0.717, 1.165) is 6.07 Å². The maximum Gasteiger partial charge on any atom is 0.254 e. The molecule has 2 aromatic rings. The van der Waals surface area contributed by atoms with Gasteiger partial charge in [-0.3, -0.25) is 9.59 Å². The van der Waals surface area contributed by atoms with Crippen molar-refractivity contribution in [2.24, 2.45) is 0 Å². The molecule has 0 bridgehead atoms. The maximum atomic E-state index is 12.9. The number of benzene rings is 2. The fourth-order valence-electron chi connectivity index (χ4n) is 3.00. The van der Waals surface area contributed by atoms with Gasteiger partial charge in [-0.2, -0.15) is 0 Å². The molecule has 0 aliphatic carbocycles. The van der Waals surface area contributed by atoms with Gasteiger partial charge in [0, 0.05) is 36.3 Å². The van der Waals surface area contributed by atoms with Crippen LogP contribution in [0.25, 0.3) is 0 Å². The molecule has 2 aromatic carbocycles. The number of nitrogens with one attached hydrogen (secondary N) is 1. The largest absolute Gasteiger partial charge is 0.508 e. The van der Waals surface area contributed by atoms with Gasteiger partial charge in [0.05, 0.1) is 0 Å². The quantitative estimate of drug-likeness (QED) is 0.785. The van der Waals surface area contributed by atoms with Crippen LogP contribution in [0.2, 0.25) is 0 Å². The number of carbonyl (C=O) groups excluding carboxylic acids is 2. The zero-order chi connectivity index (χ0) is 18.7. The zero-order valence-corrected chi connectivity index (χ0v) is 14.0. The number of rotatable bonds is 3. The van der Waals surface area contributed by atoms with Crippen molar-refractivity contribution in [1.82, 2.24) is 10.2 Å². The molecule has 7 heteroatoms. The third kappa shape index (κ3) is 4.11. The molecule has 3 N–H and O–H groups in total. The van der Waals surface area contributed by atoms with Crippen molar-refractivity contribution in [2.45, 2.75) is 18.9 Å². The number of phenolic OH excluding ortho intramolecular Hbond substituents is 2. The van der Waals surface area contributed by atoms with Crippen molar-refractivity contribution in [3.8, 4) is 11.5 Å². The number of aromatic hydroxyl groups is 2. The highest BCUT2D eigenvalue weighted by Crippen LogP contribution is 2.23. The summed E-state index contributed by atoms with van der Waals surface area (Å²) >= 11 is 0. The van der Waals surface area contributed by atoms with E-state index in [9.17, 15) is 24.2 Å². The van der Waals surface area contributed by atoms with Crippen molar-refractivity contribution in [1.29, 1.82) is 0 Å². The Morgan fingerprint density at radius 3 is 2.12 bits per heavy atom. The van der Waals surface area contributed by atoms with Crippen LogP contribution in [-0.4, -0.2) is 46.1 Å². The average Bonchev–Trinajstić information content (AvgIpc) is 2.61. The van der Waals surface area contributed by atoms with E-state index < -0.39 is 5.82 Å². The van der Waals surface area contributed by atoms with E-state index in [4.69, 9.17) is 0 Å². The molecule has 1 aliphatic heterocycles. The van der Waals surface area contributed by atoms with E-state index in [2.05, 4.69) is 5.32 Å². The number of likely N-dealkylation sites (tertiary alicyclic amines) is 1. The molecule has 1 aliphatic rings. The summed E-state index contributed by atoms with van der Waals surface area (Å²) in [7, 11) is 0. The SMILES string of the molecule is O=C(NC1CCN(C(=O)c2cc(O)cc(O)c2)CC1)c1ccc(F)cc1. The first-order chi connectivity index (χ1) is 12.4. The van der Waals surface area contributed by atoms with Crippen molar-refractivity contribution < 1.29 is 24.2 Å². The van der Waals surface area contributed by atoms with Crippen LogP contribution in [0.15, 0.2) is 42.5 Å². The highest BCUT2D eigenvalue weighted by molar-refractivity contribution is 5.95. The Bertz CT molecular complexity index is 795. The fraction of sp³-hybridized carbons (Fsp3) is 0.263. The van der Waals surface area contributed by atoms with Gasteiger partial charge in [-0.15, -0.1) is 0 Å². The number of hydrogen-bond donors (Lipinski definition) is 3. The first kappa shape index (κ1) is 17.7. The lowest BCUT2D eigenvalue weighted by molar-refractivity contribution is 0.0697. The summed E-state index contributed by atoms with van der Waals surface area (Å²) in [4.78, 5) is 26.3. The van der Waals surface area contributed by atoms with E-state index in [1.54, 1.807) is 4.90 Å². The van der Waals surface area contributed by atoms with Crippen molar-refractivity contribution in [3.05, 3.63) is 59.4 Å². The van der Waals surface area contributed by atoms with E-state index >= 15 is 0 Å². The van der Waals surface area contributed by atoms with Crippen LogP contribution < -0.4 is 5.32 Å². The van der Waals surface area contributed by atoms with Crippen LogP contribution in [0.3, 0.4) is 0 Å². The Morgan fingerprint density at radius 1 is 0.962 bits per heavy atom. The Labute approximate surface area is 149 Å². The number of hydrogen-bond acceptors (Lipinski definition) is 4. The first-order valence-corrected chi connectivity index (χ1v) is 8.31. The molecule has 0 spiro atoms. The van der Waals surface area contributed by atoms with Crippen LogP contribution in [0.1, 0.15) is 33.6 Å². The number of piperidine rings is 1. The first-order valence-electron chi connectivity index (χ1n) is 8.31.